The topological polar surface area (TPSA) is 119 Å². The van der Waals surface area contributed by atoms with Gasteiger partial charge >= 0.3 is 0 Å². The number of anilines is 3. The number of pyridine rings is 2. The molecule has 138 valence electrons. The Morgan fingerprint density at radius 3 is 2.69 bits per heavy atom. The Morgan fingerprint density at radius 2 is 2.00 bits per heavy atom. The van der Waals surface area contributed by atoms with Crippen LogP contribution in [0, 0.1) is 5.82 Å². The molecule has 0 bridgehead atoms. The van der Waals surface area contributed by atoms with Crippen molar-refractivity contribution in [1.82, 2.24) is 9.97 Å². The molecule has 9 heteroatoms. The van der Waals surface area contributed by atoms with Crippen molar-refractivity contribution in [2.75, 3.05) is 10.6 Å². The molecule has 2 heterocycles. The van der Waals surface area contributed by atoms with E-state index in [-0.39, 0.29) is 29.3 Å². The molecule has 0 aliphatic heterocycles. The van der Waals surface area contributed by atoms with E-state index in [2.05, 4.69) is 20.6 Å². The summed E-state index contributed by atoms with van der Waals surface area (Å²) in [5.74, 6) is -1.31. The number of primary amides is 1. The van der Waals surface area contributed by atoms with E-state index in [4.69, 9.17) is 23.1 Å². The third-order valence-corrected chi connectivity index (χ3v) is 4.56. The number of carbonyl (C=O) groups is 1. The van der Waals surface area contributed by atoms with Crippen LogP contribution in [0.4, 0.5) is 21.7 Å². The number of hydrogen-bond acceptors (Lipinski definition) is 6. The fraction of sp³-hybridized carbons (Fsp3) is 0.353. The zero-order valence-corrected chi connectivity index (χ0v) is 14.8. The summed E-state index contributed by atoms with van der Waals surface area (Å²) < 4.78 is 14.4. The Morgan fingerprint density at radius 1 is 1.23 bits per heavy atom. The van der Waals surface area contributed by atoms with Crippen LogP contribution in [0.2, 0.25) is 5.02 Å². The van der Waals surface area contributed by atoms with Gasteiger partial charge in [-0.25, -0.2) is 9.37 Å². The second kappa shape index (κ2) is 7.84. The molecule has 26 heavy (non-hydrogen) atoms. The van der Waals surface area contributed by atoms with Gasteiger partial charge in [0, 0.05) is 18.3 Å². The zero-order chi connectivity index (χ0) is 18.7. The number of aromatic nitrogens is 2. The van der Waals surface area contributed by atoms with Gasteiger partial charge in [0.25, 0.3) is 5.91 Å². The largest absolute Gasteiger partial charge is 0.365 e. The van der Waals surface area contributed by atoms with Crippen LogP contribution in [-0.4, -0.2) is 28.0 Å². The van der Waals surface area contributed by atoms with Crippen LogP contribution in [-0.2, 0) is 0 Å². The normalized spacial score (nSPS) is 19.8. The van der Waals surface area contributed by atoms with Crippen molar-refractivity contribution in [2.45, 2.75) is 37.8 Å². The third kappa shape index (κ3) is 4.20. The molecule has 2 unspecified atom stereocenters. The molecule has 2 atom stereocenters. The van der Waals surface area contributed by atoms with E-state index in [1.54, 1.807) is 6.07 Å². The molecule has 0 aromatic carbocycles. The van der Waals surface area contributed by atoms with E-state index in [9.17, 15) is 9.18 Å². The molecule has 0 saturated heterocycles. The predicted molar refractivity (Wildman–Crippen MR) is 99.1 cm³/mol. The van der Waals surface area contributed by atoms with Crippen LogP contribution in [0.5, 0.6) is 0 Å². The number of nitrogens with zero attached hydrogens (tertiary/aromatic N) is 2. The first kappa shape index (κ1) is 18.3. The fourth-order valence-electron chi connectivity index (χ4n) is 3.00. The van der Waals surface area contributed by atoms with Crippen LogP contribution in [0.1, 0.15) is 36.0 Å². The maximum absolute atomic E-state index is 14.4. The number of hydrogen-bond donors (Lipinski definition) is 4. The van der Waals surface area contributed by atoms with Gasteiger partial charge in [-0.15, -0.1) is 0 Å². The van der Waals surface area contributed by atoms with Crippen molar-refractivity contribution in [3.8, 4) is 0 Å². The minimum absolute atomic E-state index is 0.0230. The molecule has 7 nitrogen and oxygen atoms in total. The predicted octanol–water partition coefficient (Wildman–Crippen LogP) is 2.79. The highest BCUT2D eigenvalue weighted by Crippen LogP contribution is 2.27. The van der Waals surface area contributed by atoms with Crippen molar-refractivity contribution in [3.05, 3.63) is 40.9 Å². The third-order valence-electron chi connectivity index (χ3n) is 4.35. The Balaban J connectivity index is 1.92. The molecule has 0 radical (unpaired) electrons. The van der Waals surface area contributed by atoms with Gasteiger partial charge in [-0.05, 0) is 25.0 Å². The van der Waals surface area contributed by atoms with Gasteiger partial charge < -0.3 is 22.1 Å². The summed E-state index contributed by atoms with van der Waals surface area (Å²) in [4.78, 5) is 19.9. The highest BCUT2D eigenvalue weighted by molar-refractivity contribution is 6.30. The molecule has 1 fully saturated rings. The average molecular weight is 379 g/mol. The number of nitrogens with one attached hydrogen (secondary N) is 2. The van der Waals surface area contributed by atoms with Gasteiger partial charge in [0.15, 0.2) is 11.6 Å². The molecular formula is C17H20ClFN6O. The van der Waals surface area contributed by atoms with Crippen LogP contribution in [0.25, 0.3) is 0 Å². The Bertz CT molecular complexity index is 818. The zero-order valence-electron chi connectivity index (χ0n) is 14.0. The maximum atomic E-state index is 14.4. The quantitative estimate of drug-likeness (QED) is 0.635. The van der Waals surface area contributed by atoms with E-state index in [0.717, 1.165) is 31.7 Å². The van der Waals surface area contributed by atoms with E-state index >= 15 is 0 Å². The van der Waals surface area contributed by atoms with E-state index in [1.165, 1.54) is 12.4 Å². The first-order chi connectivity index (χ1) is 12.4. The van der Waals surface area contributed by atoms with Crippen LogP contribution in [0.15, 0.2) is 24.5 Å². The van der Waals surface area contributed by atoms with Crippen molar-refractivity contribution in [2.24, 2.45) is 11.5 Å². The van der Waals surface area contributed by atoms with Crippen molar-refractivity contribution >= 4 is 34.8 Å². The molecule has 1 aliphatic rings. The smallest absolute Gasteiger partial charge is 0.252 e. The number of nitrogens with two attached hydrogens (primary N) is 2. The fourth-order valence-corrected chi connectivity index (χ4v) is 3.18. The molecule has 3 rings (SSSR count). The van der Waals surface area contributed by atoms with Crippen LogP contribution >= 0.6 is 11.6 Å². The second-order valence-electron chi connectivity index (χ2n) is 6.30. The second-order valence-corrected chi connectivity index (χ2v) is 6.73. The first-order valence-corrected chi connectivity index (χ1v) is 8.72. The summed E-state index contributed by atoms with van der Waals surface area (Å²) in [5.41, 5.74) is 11.9. The van der Waals surface area contributed by atoms with Crippen LogP contribution < -0.4 is 22.1 Å². The van der Waals surface area contributed by atoms with E-state index in [0.29, 0.717) is 10.7 Å². The first-order valence-electron chi connectivity index (χ1n) is 8.34. The number of rotatable bonds is 5. The number of halogens is 2. The molecule has 1 saturated carbocycles. The molecule has 1 amide bonds. The van der Waals surface area contributed by atoms with Crippen LogP contribution in [0.3, 0.4) is 0 Å². The van der Waals surface area contributed by atoms with Gasteiger partial charge in [-0.2, -0.15) is 0 Å². The van der Waals surface area contributed by atoms with Crippen molar-refractivity contribution in [1.29, 1.82) is 0 Å². The molecular weight excluding hydrogens is 359 g/mol. The molecule has 1 aliphatic carbocycles. The standard InChI is InChI=1S/C17H20ClFN6O/c18-9-5-10(8-22-7-9)23-16-11(15(21)26)6-12(19)17(25-16)24-14-4-2-1-3-13(14)20/h5-8,13-14H,1-4,20H2,(H2,21,26)(H2,23,24,25). The summed E-state index contributed by atoms with van der Waals surface area (Å²) in [6.07, 6.45) is 6.76. The lowest BCUT2D eigenvalue weighted by Crippen LogP contribution is -2.43. The molecule has 0 spiro atoms. The minimum atomic E-state index is -0.796. The molecule has 2 aromatic rings. The Hall–Kier alpha value is -2.45. The van der Waals surface area contributed by atoms with Gasteiger partial charge in [0.2, 0.25) is 0 Å². The molecule has 2 aromatic heterocycles. The summed E-state index contributed by atoms with van der Waals surface area (Å²) in [5, 5.41) is 6.38. The lowest BCUT2D eigenvalue weighted by Gasteiger charge is -2.30. The highest BCUT2D eigenvalue weighted by atomic mass is 35.5. The molecule has 6 N–H and O–H groups in total. The van der Waals surface area contributed by atoms with Gasteiger partial charge in [-0.3, -0.25) is 9.78 Å². The average Bonchev–Trinajstić information content (AvgIpc) is 2.59. The maximum Gasteiger partial charge on any atom is 0.252 e. The van der Waals surface area contributed by atoms with E-state index in [1.807, 2.05) is 0 Å². The van der Waals surface area contributed by atoms with Gasteiger partial charge in [0.1, 0.15) is 5.82 Å². The van der Waals surface area contributed by atoms with Gasteiger partial charge in [-0.1, -0.05) is 24.4 Å². The SMILES string of the molecule is NC(=O)c1cc(F)c(NC2CCCCC2N)nc1Nc1cncc(Cl)c1. The lowest BCUT2D eigenvalue weighted by molar-refractivity contribution is 0.100. The van der Waals surface area contributed by atoms with E-state index < -0.39 is 11.7 Å². The van der Waals surface area contributed by atoms with Gasteiger partial charge in [0.05, 0.1) is 22.5 Å². The van der Waals surface area contributed by atoms with Crippen molar-refractivity contribution in [3.63, 3.8) is 0 Å². The van der Waals surface area contributed by atoms with Crippen molar-refractivity contribution < 1.29 is 9.18 Å². The summed E-state index contributed by atoms with van der Waals surface area (Å²) in [7, 11) is 0. The lowest BCUT2D eigenvalue weighted by atomic mass is 9.91. The summed E-state index contributed by atoms with van der Waals surface area (Å²) in [6, 6.07) is 2.51. The Labute approximate surface area is 155 Å². The summed E-state index contributed by atoms with van der Waals surface area (Å²) in [6.45, 7) is 0. The number of carbonyl (C=O) groups excluding carboxylic acids is 1. The monoisotopic (exact) mass is 378 g/mol. The minimum Gasteiger partial charge on any atom is -0.365 e. The summed E-state index contributed by atoms with van der Waals surface area (Å²) >= 11 is 5.91. The Kier molecular flexibility index (Phi) is 5.53. The highest BCUT2D eigenvalue weighted by Gasteiger charge is 2.24. The number of amides is 1.